The van der Waals surface area contributed by atoms with Crippen molar-refractivity contribution in [3.05, 3.63) is 21.9 Å². The monoisotopic (exact) mass is 280 g/mol. The number of hydrogen-bond donors (Lipinski definition) is 0. The van der Waals surface area contributed by atoms with E-state index < -0.39 is 0 Å². The van der Waals surface area contributed by atoms with Crippen molar-refractivity contribution in [3.8, 4) is 0 Å². The summed E-state index contributed by atoms with van der Waals surface area (Å²) >= 11 is 1.94. The van der Waals surface area contributed by atoms with E-state index in [9.17, 15) is 0 Å². The molecular weight excluding hydrogens is 256 g/mol. The Morgan fingerprint density at radius 2 is 2.00 bits per heavy atom. The van der Waals surface area contributed by atoms with E-state index in [4.69, 9.17) is 4.74 Å². The third kappa shape index (κ3) is 3.78. The zero-order chi connectivity index (χ0) is 13.1. The summed E-state index contributed by atoms with van der Waals surface area (Å²) < 4.78 is 5.47. The molecule has 2 fully saturated rings. The number of aryl methyl sites for hydroxylation is 1. The maximum absolute atomic E-state index is 5.47. The molecule has 0 radical (unpaired) electrons. The third-order valence-electron chi connectivity index (χ3n) is 4.18. The maximum atomic E-state index is 5.47. The van der Waals surface area contributed by atoms with Crippen molar-refractivity contribution >= 4 is 11.3 Å². The standard InChI is InChI=1S/C15H24N2OS/c1-13-2-3-15(19-13)11-17-7-5-16(6-8-17)10-14-4-9-18-12-14/h2-3,14H,4-12H2,1H3. The number of rotatable bonds is 4. The molecule has 0 N–H and O–H groups in total. The summed E-state index contributed by atoms with van der Waals surface area (Å²) in [5.41, 5.74) is 0. The lowest BCUT2D eigenvalue weighted by molar-refractivity contribution is 0.107. The summed E-state index contributed by atoms with van der Waals surface area (Å²) in [7, 11) is 0. The van der Waals surface area contributed by atoms with Crippen LogP contribution in [0.2, 0.25) is 0 Å². The summed E-state index contributed by atoms with van der Waals surface area (Å²) in [6.45, 7) is 11.4. The normalized spacial score (nSPS) is 26.1. The molecule has 0 amide bonds. The van der Waals surface area contributed by atoms with Gasteiger partial charge in [-0.15, -0.1) is 11.3 Å². The average molecular weight is 280 g/mol. The Hall–Kier alpha value is -0.420. The molecule has 106 valence electrons. The molecule has 1 aromatic heterocycles. The van der Waals surface area contributed by atoms with Gasteiger partial charge in [0.25, 0.3) is 0 Å². The Kier molecular flexibility index (Phi) is 4.53. The fourth-order valence-corrected chi connectivity index (χ4v) is 3.95. The number of piperazine rings is 1. The first-order valence-corrected chi connectivity index (χ1v) is 8.19. The van der Waals surface area contributed by atoms with Crippen LogP contribution in [0.15, 0.2) is 12.1 Å². The van der Waals surface area contributed by atoms with E-state index in [1.165, 1.54) is 48.9 Å². The van der Waals surface area contributed by atoms with Gasteiger partial charge in [0.15, 0.2) is 0 Å². The van der Waals surface area contributed by atoms with E-state index in [0.717, 1.165) is 25.7 Å². The SMILES string of the molecule is Cc1ccc(CN2CCN(CC3CCOC3)CC2)s1. The summed E-state index contributed by atoms with van der Waals surface area (Å²) in [6.07, 6.45) is 1.26. The van der Waals surface area contributed by atoms with E-state index >= 15 is 0 Å². The van der Waals surface area contributed by atoms with Crippen molar-refractivity contribution in [1.82, 2.24) is 9.80 Å². The number of nitrogens with zero attached hydrogens (tertiary/aromatic N) is 2. The molecule has 0 saturated carbocycles. The molecule has 1 atom stereocenters. The van der Waals surface area contributed by atoms with E-state index in [1.807, 2.05) is 11.3 Å². The predicted octanol–water partition coefficient (Wildman–Crippen LogP) is 2.21. The Labute approximate surface area is 120 Å². The van der Waals surface area contributed by atoms with Gasteiger partial charge < -0.3 is 9.64 Å². The summed E-state index contributed by atoms with van der Waals surface area (Å²) in [6, 6.07) is 4.51. The first-order chi connectivity index (χ1) is 9.29. The van der Waals surface area contributed by atoms with Crippen molar-refractivity contribution in [3.63, 3.8) is 0 Å². The van der Waals surface area contributed by atoms with Gasteiger partial charge in [0.05, 0.1) is 6.61 Å². The molecule has 3 nitrogen and oxygen atoms in total. The molecule has 2 aliphatic heterocycles. The Morgan fingerprint density at radius 3 is 2.63 bits per heavy atom. The quantitative estimate of drug-likeness (QED) is 0.841. The van der Waals surface area contributed by atoms with Gasteiger partial charge in [0.2, 0.25) is 0 Å². The molecule has 0 aliphatic carbocycles. The van der Waals surface area contributed by atoms with E-state index in [2.05, 4.69) is 28.9 Å². The lowest BCUT2D eigenvalue weighted by Crippen LogP contribution is -2.47. The van der Waals surface area contributed by atoms with Crippen LogP contribution in [0.25, 0.3) is 0 Å². The van der Waals surface area contributed by atoms with Crippen LogP contribution in [0, 0.1) is 12.8 Å². The maximum Gasteiger partial charge on any atom is 0.0507 e. The second kappa shape index (κ2) is 6.35. The molecule has 2 aliphatic rings. The predicted molar refractivity (Wildman–Crippen MR) is 79.7 cm³/mol. The van der Waals surface area contributed by atoms with Crippen LogP contribution in [0.1, 0.15) is 16.2 Å². The van der Waals surface area contributed by atoms with E-state index in [-0.39, 0.29) is 0 Å². The molecule has 1 aromatic rings. The summed E-state index contributed by atoms with van der Waals surface area (Å²) in [4.78, 5) is 8.15. The van der Waals surface area contributed by atoms with Gasteiger partial charge in [-0.1, -0.05) is 0 Å². The highest BCUT2D eigenvalue weighted by Crippen LogP contribution is 2.19. The van der Waals surface area contributed by atoms with Crippen molar-refractivity contribution in [2.45, 2.75) is 19.9 Å². The highest BCUT2D eigenvalue weighted by atomic mass is 32.1. The fourth-order valence-electron chi connectivity index (χ4n) is 3.01. The largest absolute Gasteiger partial charge is 0.381 e. The molecule has 1 unspecified atom stereocenters. The van der Waals surface area contributed by atoms with Crippen LogP contribution < -0.4 is 0 Å². The van der Waals surface area contributed by atoms with Gasteiger partial charge in [-0.05, 0) is 31.4 Å². The van der Waals surface area contributed by atoms with E-state index in [1.54, 1.807) is 0 Å². The molecule has 19 heavy (non-hydrogen) atoms. The number of ether oxygens (including phenoxy) is 1. The fraction of sp³-hybridized carbons (Fsp3) is 0.733. The topological polar surface area (TPSA) is 15.7 Å². The van der Waals surface area contributed by atoms with Crippen LogP contribution in [0.4, 0.5) is 0 Å². The van der Waals surface area contributed by atoms with Crippen LogP contribution in [0.3, 0.4) is 0 Å². The molecular formula is C15H24N2OS. The molecule has 4 heteroatoms. The molecule has 3 rings (SSSR count). The van der Waals surface area contributed by atoms with Gasteiger partial charge >= 0.3 is 0 Å². The van der Waals surface area contributed by atoms with Gasteiger partial charge in [-0.2, -0.15) is 0 Å². The second-order valence-corrected chi connectivity index (χ2v) is 7.19. The van der Waals surface area contributed by atoms with Crippen LogP contribution in [0.5, 0.6) is 0 Å². The number of thiophene rings is 1. The average Bonchev–Trinajstić information content (AvgIpc) is 3.04. The van der Waals surface area contributed by atoms with Crippen LogP contribution in [-0.2, 0) is 11.3 Å². The van der Waals surface area contributed by atoms with Gasteiger partial charge in [-0.3, -0.25) is 4.90 Å². The van der Waals surface area contributed by atoms with Crippen molar-refractivity contribution in [1.29, 1.82) is 0 Å². The number of hydrogen-bond acceptors (Lipinski definition) is 4. The third-order valence-corrected chi connectivity index (χ3v) is 5.17. The summed E-state index contributed by atoms with van der Waals surface area (Å²) in [5, 5.41) is 0. The van der Waals surface area contributed by atoms with E-state index in [0.29, 0.717) is 0 Å². The Bertz CT molecular complexity index is 393. The second-order valence-electron chi connectivity index (χ2n) is 5.82. The zero-order valence-electron chi connectivity index (χ0n) is 11.8. The van der Waals surface area contributed by atoms with Crippen molar-refractivity contribution < 1.29 is 4.74 Å². The summed E-state index contributed by atoms with van der Waals surface area (Å²) in [5.74, 6) is 0.784. The minimum Gasteiger partial charge on any atom is -0.381 e. The smallest absolute Gasteiger partial charge is 0.0507 e. The Balaban J connectivity index is 1.41. The first-order valence-electron chi connectivity index (χ1n) is 7.37. The lowest BCUT2D eigenvalue weighted by atomic mass is 10.1. The zero-order valence-corrected chi connectivity index (χ0v) is 12.6. The highest BCUT2D eigenvalue weighted by molar-refractivity contribution is 7.11. The molecule has 0 spiro atoms. The molecule has 0 aromatic carbocycles. The molecule has 0 bridgehead atoms. The minimum absolute atomic E-state index is 0.784. The molecule has 2 saturated heterocycles. The van der Waals surface area contributed by atoms with Gasteiger partial charge in [0.1, 0.15) is 0 Å². The molecule has 3 heterocycles. The highest BCUT2D eigenvalue weighted by Gasteiger charge is 2.22. The van der Waals surface area contributed by atoms with Crippen LogP contribution in [-0.4, -0.2) is 55.7 Å². The van der Waals surface area contributed by atoms with Crippen molar-refractivity contribution in [2.24, 2.45) is 5.92 Å². The Morgan fingerprint density at radius 1 is 1.21 bits per heavy atom. The van der Waals surface area contributed by atoms with Crippen LogP contribution >= 0.6 is 11.3 Å². The lowest BCUT2D eigenvalue weighted by Gasteiger charge is -2.35. The van der Waals surface area contributed by atoms with Crippen molar-refractivity contribution in [2.75, 3.05) is 45.9 Å². The van der Waals surface area contributed by atoms with Gasteiger partial charge in [-0.25, -0.2) is 0 Å². The minimum atomic E-state index is 0.784. The first kappa shape index (κ1) is 13.6. The van der Waals surface area contributed by atoms with Gasteiger partial charge in [0, 0.05) is 55.6 Å².